The summed E-state index contributed by atoms with van der Waals surface area (Å²) in [6.45, 7) is 2.67. The molecule has 1 heterocycles. The molecule has 0 unspecified atom stereocenters. The Morgan fingerprint density at radius 1 is 1.25 bits per heavy atom. The van der Waals surface area contributed by atoms with Crippen molar-refractivity contribution in [3.8, 4) is 22.1 Å². The molecule has 20 heavy (non-hydrogen) atoms. The summed E-state index contributed by atoms with van der Waals surface area (Å²) >= 11 is 1.63. The van der Waals surface area contributed by atoms with Crippen LogP contribution in [0, 0.1) is 0 Å². The van der Waals surface area contributed by atoms with Gasteiger partial charge in [0.15, 0.2) is 11.5 Å². The van der Waals surface area contributed by atoms with E-state index in [9.17, 15) is 0 Å². The van der Waals surface area contributed by atoms with Crippen LogP contribution in [0.2, 0.25) is 0 Å². The highest BCUT2D eigenvalue weighted by Gasteiger charge is 2.17. The number of rotatable bonds is 6. The monoisotopic (exact) mass is 292 g/mol. The molecule has 0 amide bonds. The maximum atomic E-state index is 5.81. The minimum absolute atomic E-state index is 0.527. The third-order valence-corrected chi connectivity index (χ3v) is 4.24. The summed E-state index contributed by atoms with van der Waals surface area (Å²) in [5.74, 6) is 1.43. The number of hydrogen-bond donors (Lipinski definition) is 1. The molecule has 1 aromatic heterocycles. The molecule has 0 aliphatic rings. The highest BCUT2D eigenvalue weighted by atomic mass is 32.1. The zero-order valence-corrected chi connectivity index (χ0v) is 12.9. The number of aromatic nitrogens is 1. The lowest BCUT2D eigenvalue weighted by molar-refractivity contribution is 0.356. The summed E-state index contributed by atoms with van der Waals surface area (Å²) in [6, 6.07) is 5.82. The third kappa shape index (κ3) is 2.78. The molecule has 0 aliphatic heterocycles. The quantitative estimate of drug-likeness (QED) is 0.888. The Kier molecular flexibility index (Phi) is 4.98. The van der Waals surface area contributed by atoms with Gasteiger partial charge in [-0.1, -0.05) is 19.4 Å². The van der Waals surface area contributed by atoms with Crippen LogP contribution in [0.25, 0.3) is 10.6 Å². The molecule has 0 fully saturated rings. The fourth-order valence-corrected chi connectivity index (χ4v) is 3.15. The lowest BCUT2D eigenvalue weighted by Crippen LogP contribution is -1.98. The van der Waals surface area contributed by atoms with Crippen LogP contribution in [0.5, 0.6) is 11.5 Å². The largest absolute Gasteiger partial charge is 0.493 e. The van der Waals surface area contributed by atoms with E-state index >= 15 is 0 Å². The first-order valence-corrected chi connectivity index (χ1v) is 7.46. The highest BCUT2D eigenvalue weighted by molar-refractivity contribution is 7.15. The molecule has 0 aliphatic carbocycles. The van der Waals surface area contributed by atoms with Crippen molar-refractivity contribution in [2.45, 2.75) is 26.3 Å². The van der Waals surface area contributed by atoms with Crippen LogP contribution in [-0.2, 0) is 13.0 Å². The van der Waals surface area contributed by atoms with Crippen LogP contribution < -0.4 is 15.2 Å². The number of para-hydroxylation sites is 1. The average Bonchev–Trinajstić information content (AvgIpc) is 2.89. The van der Waals surface area contributed by atoms with Crippen molar-refractivity contribution in [2.75, 3.05) is 14.2 Å². The van der Waals surface area contributed by atoms with Crippen molar-refractivity contribution in [3.05, 3.63) is 28.8 Å². The number of ether oxygens (including phenoxy) is 2. The second-order valence-corrected chi connectivity index (χ2v) is 5.47. The molecule has 2 N–H and O–H groups in total. The Labute approximate surface area is 123 Å². The molecule has 4 nitrogen and oxygen atoms in total. The normalized spacial score (nSPS) is 10.6. The number of nitrogens with two attached hydrogens (primary N) is 1. The predicted octanol–water partition coefficient (Wildman–Crippen LogP) is 3.24. The summed E-state index contributed by atoms with van der Waals surface area (Å²) in [5, 5.41) is 0.935. The number of hydrogen-bond acceptors (Lipinski definition) is 5. The highest BCUT2D eigenvalue weighted by Crippen LogP contribution is 2.40. The number of benzene rings is 1. The summed E-state index contributed by atoms with van der Waals surface area (Å²) in [6.07, 6.45) is 2.01. The molecule has 2 aromatic rings. The van der Waals surface area contributed by atoms with Gasteiger partial charge in [-0.2, -0.15) is 0 Å². The number of thiazole rings is 1. The minimum atomic E-state index is 0.527. The van der Waals surface area contributed by atoms with Crippen molar-refractivity contribution in [1.29, 1.82) is 0 Å². The SMILES string of the molecule is CCCc1nc(-c2cccc(OC)c2OC)sc1CN. The van der Waals surface area contributed by atoms with Crippen molar-refractivity contribution in [3.63, 3.8) is 0 Å². The van der Waals surface area contributed by atoms with Gasteiger partial charge < -0.3 is 15.2 Å². The van der Waals surface area contributed by atoms with E-state index in [4.69, 9.17) is 20.2 Å². The Morgan fingerprint density at radius 2 is 2.05 bits per heavy atom. The zero-order chi connectivity index (χ0) is 14.5. The first kappa shape index (κ1) is 14.8. The number of methoxy groups -OCH3 is 2. The van der Waals surface area contributed by atoms with E-state index in [1.807, 2.05) is 18.2 Å². The molecule has 0 spiro atoms. The van der Waals surface area contributed by atoms with E-state index in [0.717, 1.165) is 39.7 Å². The molecular formula is C15H20N2O2S. The number of aryl methyl sites for hydroxylation is 1. The fraction of sp³-hybridized carbons (Fsp3) is 0.400. The molecule has 0 atom stereocenters. The fourth-order valence-electron chi connectivity index (χ4n) is 2.15. The average molecular weight is 292 g/mol. The van der Waals surface area contributed by atoms with Crippen molar-refractivity contribution < 1.29 is 9.47 Å². The lowest BCUT2D eigenvalue weighted by atomic mass is 10.2. The zero-order valence-electron chi connectivity index (χ0n) is 12.1. The van der Waals surface area contributed by atoms with Gasteiger partial charge in [0, 0.05) is 11.4 Å². The van der Waals surface area contributed by atoms with Gasteiger partial charge in [-0.25, -0.2) is 4.98 Å². The lowest BCUT2D eigenvalue weighted by Gasteiger charge is -2.10. The summed E-state index contributed by atoms with van der Waals surface area (Å²) < 4.78 is 10.8. The smallest absolute Gasteiger partial charge is 0.170 e. The summed E-state index contributed by atoms with van der Waals surface area (Å²) in [7, 11) is 3.28. The van der Waals surface area contributed by atoms with Gasteiger partial charge in [0.1, 0.15) is 5.01 Å². The Bertz CT molecular complexity index is 581. The maximum Gasteiger partial charge on any atom is 0.170 e. The van der Waals surface area contributed by atoms with E-state index in [1.165, 1.54) is 0 Å². The molecule has 5 heteroatoms. The van der Waals surface area contributed by atoms with Crippen LogP contribution in [0.1, 0.15) is 23.9 Å². The molecule has 0 bridgehead atoms. The van der Waals surface area contributed by atoms with Gasteiger partial charge >= 0.3 is 0 Å². The van der Waals surface area contributed by atoms with Crippen LogP contribution in [-0.4, -0.2) is 19.2 Å². The van der Waals surface area contributed by atoms with E-state index in [-0.39, 0.29) is 0 Å². The van der Waals surface area contributed by atoms with Gasteiger partial charge in [0.05, 0.1) is 25.5 Å². The first-order valence-electron chi connectivity index (χ1n) is 6.65. The molecule has 0 saturated heterocycles. The Balaban J connectivity index is 2.51. The van der Waals surface area contributed by atoms with E-state index < -0.39 is 0 Å². The standard InChI is InChI=1S/C15H20N2O2S/c1-4-6-11-13(9-16)20-15(17-11)10-7-5-8-12(18-2)14(10)19-3/h5,7-8H,4,6,9,16H2,1-3H3. The van der Waals surface area contributed by atoms with E-state index in [0.29, 0.717) is 12.3 Å². The second-order valence-electron chi connectivity index (χ2n) is 4.38. The van der Waals surface area contributed by atoms with Crippen molar-refractivity contribution in [1.82, 2.24) is 4.98 Å². The molecule has 1 aromatic carbocycles. The maximum absolute atomic E-state index is 5.81. The van der Waals surface area contributed by atoms with Gasteiger partial charge in [0.2, 0.25) is 0 Å². The predicted molar refractivity (Wildman–Crippen MR) is 82.5 cm³/mol. The van der Waals surface area contributed by atoms with Crippen molar-refractivity contribution in [2.24, 2.45) is 5.73 Å². The van der Waals surface area contributed by atoms with Gasteiger partial charge in [-0.15, -0.1) is 11.3 Å². The van der Waals surface area contributed by atoms with Gasteiger partial charge in [0.25, 0.3) is 0 Å². The Morgan fingerprint density at radius 3 is 2.65 bits per heavy atom. The summed E-state index contributed by atoms with van der Waals surface area (Å²) in [4.78, 5) is 5.87. The van der Waals surface area contributed by atoms with Gasteiger partial charge in [-0.3, -0.25) is 0 Å². The van der Waals surface area contributed by atoms with Crippen LogP contribution in [0.4, 0.5) is 0 Å². The molecular weight excluding hydrogens is 272 g/mol. The van der Waals surface area contributed by atoms with E-state index in [1.54, 1.807) is 25.6 Å². The van der Waals surface area contributed by atoms with Crippen LogP contribution >= 0.6 is 11.3 Å². The van der Waals surface area contributed by atoms with Crippen molar-refractivity contribution >= 4 is 11.3 Å². The second kappa shape index (κ2) is 6.72. The molecule has 108 valence electrons. The number of nitrogens with zero attached hydrogens (tertiary/aromatic N) is 1. The topological polar surface area (TPSA) is 57.4 Å². The first-order chi connectivity index (χ1) is 9.74. The third-order valence-electron chi connectivity index (χ3n) is 3.08. The van der Waals surface area contributed by atoms with E-state index in [2.05, 4.69) is 6.92 Å². The summed E-state index contributed by atoms with van der Waals surface area (Å²) in [5.41, 5.74) is 7.86. The minimum Gasteiger partial charge on any atom is -0.493 e. The van der Waals surface area contributed by atoms with Crippen LogP contribution in [0.3, 0.4) is 0 Å². The molecule has 2 rings (SSSR count). The van der Waals surface area contributed by atoms with Crippen LogP contribution in [0.15, 0.2) is 18.2 Å². The molecule has 0 saturated carbocycles. The van der Waals surface area contributed by atoms with Gasteiger partial charge in [-0.05, 0) is 18.6 Å². The Hall–Kier alpha value is -1.59. The molecule has 0 radical (unpaired) electrons.